The van der Waals surface area contributed by atoms with E-state index in [1.165, 1.54) is 16.8 Å². The van der Waals surface area contributed by atoms with E-state index in [2.05, 4.69) is 20.5 Å². The Morgan fingerprint density at radius 1 is 1.15 bits per heavy atom. The minimum Gasteiger partial charge on any atom is -0.454 e. The van der Waals surface area contributed by atoms with E-state index >= 15 is 0 Å². The topological polar surface area (TPSA) is 82.8 Å². The number of benzene rings is 2. The zero-order valence-corrected chi connectivity index (χ0v) is 14.3. The van der Waals surface area contributed by atoms with Crippen LogP contribution in [0, 0.1) is 12.7 Å². The Hall–Kier alpha value is -3.68. The first-order valence-corrected chi connectivity index (χ1v) is 8.18. The van der Waals surface area contributed by atoms with Crippen molar-refractivity contribution >= 4 is 16.9 Å². The lowest BCUT2D eigenvalue weighted by molar-refractivity contribution is 0.0458. The summed E-state index contributed by atoms with van der Waals surface area (Å²) in [6.07, 6.45) is 0. The van der Waals surface area contributed by atoms with E-state index in [9.17, 15) is 9.18 Å². The number of aryl methyl sites for hydroxylation is 1. The smallest absolute Gasteiger partial charge is 0.340 e. The molecule has 0 aliphatic carbocycles. The highest BCUT2D eigenvalue weighted by Crippen LogP contribution is 2.19. The Morgan fingerprint density at radius 3 is 2.78 bits per heavy atom. The van der Waals surface area contributed by atoms with Crippen LogP contribution in [0.25, 0.3) is 16.6 Å². The molecular weight excluding hydrogens is 349 g/mol. The molecule has 0 aliphatic heterocycles. The number of pyridine rings is 1. The molecular formula is C19H14FN5O2. The standard InChI is InChI=1S/C19H14FN5O2/c1-12-16(9-13-7-8-14(20)10-17(13)21-12)19(26)27-11-18-22-23-24-25(18)15-5-3-2-4-6-15/h2-10H,11H2,1H3. The highest BCUT2D eigenvalue weighted by Gasteiger charge is 2.16. The van der Waals surface area contributed by atoms with Gasteiger partial charge in [0.05, 0.1) is 22.5 Å². The molecule has 0 N–H and O–H groups in total. The van der Waals surface area contributed by atoms with E-state index in [-0.39, 0.29) is 12.4 Å². The average molecular weight is 363 g/mol. The molecule has 0 atom stereocenters. The molecule has 0 radical (unpaired) electrons. The largest absolute Gasteiger partial charge is 0.454 e. The minimum absolute atomic E-state index is 0.0956. The van der Waals surface area contributed by atoms with Crippen LogP contribution in [0.3, 0.4) is 0 Å². The second-order valence-corrected chi connectivity index (χ2v) is 5.88. The van der Waals surface area contributed by atoms with Crippen LogP contribution in [0.2, 0.25) is 0 Å². The maximum Gasteiger partial charge on any atom is 0.340 e. The van der Waals surface area contributed by atoms with E-state index < -0.39 is 5.97 Å². The van der Waals surface area contributed by atoms with Gasteiger partial charge in [-0.2, -0.15) is 4.68 Å². The number of nitrogens with zero attached hydrogens (tertiary/aromatic N) is 5. The molecule has 4 aromatic rings. The Morgan fingerprint density at radius 2 is 1.96 bits per heavy atom. The average Bonchev–Trinajstić information content (AvgIpc) is 3.15. The molecule has 4 rings (SSSR count). The molecule has 2 aromatic heterocycles. The molecule has 0 saturated heterocycles. The first kappa shape index (κ1) is 16.8. The lowest BCUT2D eigenvalue weighted by Gasteiger charge is -2.08. The summed E-state index contributed by atoms with van der Waals surface area (Å²) in [4.78, 5) is 16.8. The Balaban J connectivity index is 1.56. The summed E-state index contributed by atoms with van der Waals surface area (Å²) in [6.45, 7) is 1.58. The number of tetrazole rings is 1. The van der Waals surface area contributed by atoms with Gasteiger partial charge in [-0.25, -0.2) is 9.18 Å². The number of halogens is 1. The van der Waals surface area contributed by atoms with Crippen molar-refractivity contribution < 1.29 is 13.9 Å². The number of hydrogen-bond donors (Lipinski definition) is 0. The van der Waals surface area contributed by atoms with Crippen LogP contribution in [-0.4, -0.2) is 31.2 Å². The third-order valence-electron chi connectivity index (χ3n) is 4.06. The van der Waals surface area contributed by atoms with Gasteiger partial charge in [0.1, 0.15) is 5.82 Å². The number of para-hydroxylation sites is 1. The molecule has 0 saturated carbocycles. The van der Waals surface area contributed by atoms with Gasteiger partial charge in [-0.15, -0.1) is 5.10 Å². The monoisotopic (exact) mass is 363 g/mol. The van der Waals surface area contributed by atoms with E-state index in [1.807, 2.05) is 30.3 Å². The summed E-state index contributed by atoms with van der Waals surface area (Å²) in [5.74, 6) is -0.533. The van der Waals surface area contributed by atoms with Crippen LogP contribution in [0.15, 0.2) is 54.6 Å². The number of fused-ring (bicyclic) bond motifs is 1. The van der Waals surface area contributed by atoms with Crippen molar-refractivity contribution in [2.24, 2.45) is 0 Å². The molecule has 7 nitrogen and oxygen atoms in total. The number of aromatic nitrogens is 5. The Bertz CT molecular complexity index is 1130. The van der Waals surface area contributed by atoms with Gasteiger partial charge in [0, 0.05) is 11.5 Å². The number of rotatable bonds is 4. The van der Waals surface area contributed by atoms with Crippen molar-refractivity contribution in [1.29, 1.82) is 0 Å². The lowest BCUT2D eigenvalue weighted by Crippen LogP contribution is -2.11. The third-order valence-corrected chi connectivity index (χ3v) is 4.06. The number of esters is 1. The second kappa shape index (κ2) is 6.91. The number of hydrogen-bond acceptors (Lipinski definition) is 6. The number of carbonyl (C=O) groups is 1. The highest BCUT2D eigenvalue weighted by molar-refractivity contribution is 5.95. The van der Waals surface area contributed by atoms with Gasteiger partial charge in [0.2, 0.25) is 0 Å². The van der Waals surface area contributed by atoms with E-state index in [1.54, 1.807) is 19.1 Å². The molecule has 2 heterocycles. The van der Waals surface area contributed by atoms with Crippen molar-refractivity contribution in [3.05, 3.63) is 77.5 Å². The predicted octanol–water partition coefficient (Wildman–Crippen LogP) is 3.02. The minimum atomic E-state index is -0.547. The van der Waals surface area contributed by atoms with Crippen molar-refractivity contribution in [2.45, 2.75) is 13.5 Å². The normalized spacial score (nSPS) is 10.9. The van der Waals surface area contributed by atoms with Crippen molar-refractivity contribution in [1.82, 2.24) is 25.2 Å². The summed E-state index contributed by atoms with van der Waals surface area (Å²) in [7, 11) is 0. The van der Waals surface area contributed by atoms with Crippen molar-refractivity contribution in [3.8, 4) is 5.69 Å². The molecule has 0 spiro atoms. The number of carbonyl (C=O) groups excluding carboxylic acids is 1. The molecule has 27 heavy (non-hydrogen) atoms. The fourth-order valence-electron chi connectivity index (χ4n) is 2.72. The van der Waals surface area contributed by atoms with Crippen LogP contribution in [-0.2, 0) is 11.3 Å². The summed E-state index contributed by atoms with van der Waals surface area (Å²) in [5, 5.41) is 12.1. The molecule has 0 aliphatic rings. The van der Waals surface area contributed by atoms with Crippen LogP contribution in [0.5, 0.6) is 0 Å². The van der Waals surface area contributed by atoms with Crippen LogP contribution < -0.4 is 0 Å². The van der Waals surface area contributed by atoms with Gasteiger partial charge >= 0.3 is 5.97 Å². The highest BCUT2D eigenvalue weighted by atomic mass is 19.1. The summed E-state index contributed by atoms with van der Waals surface area (Å²) < 4.78 is 20.2. The van der Waals surface area contributed by atoms with Gasteiger partial charge in [-0.3, -0.25) is 4.98 Å². The van der Waals surface area contributed by atoms with Gasteiger partial charge in [0.25, 0.3) is 0 Å². The lowest BCUT2D eigenvalue weighted by atomic mass is 10.1. The fourth-order valence-corrected chi connectivity index (χ4v) is 2.72. The van der Waals surface area contributed by atoms with Crippen molar-refractivity contribution in [2.75, 3.05) is 0 Å². The summed E-state index contributed by atoms with van der Waals surface area (Å²) >= 11 is 0. The molecule has 0 amide bonds. The SMILES string of the molecule is Cc1nc2cc(F)ccc2cc1C(=O)OCc1nnnn1-c1ccccc1. The quantitative estimate of drug-likeness (QED) is 0.518. The van der Waals surface area contributed by atoms with Crippen molar-refractivity contribution in [3.63, 3.8) is 0 Å². The molecule has 2 aromatic carbocycles. The van der Waals surface area contributed by atoms with Crippen LogP contribution in [0.4, 0.5) is 4.39 Å². The maximum absolute atomic E-state index is 13.3. The van der Waals surface area contributed by atoms with Gasteiger partial charge in [-0.1, -0.05) is 18.2 Å². The first-order valence-electron chi connectivity index (χ1n) is 8.18. The molecule has 0 unspecified atom stereocenters. The second-order valence-electron chi connectivity index (χ2n) is 5.88. The molecule has 0 fully saturated rings. The maximum atomic E-state index is 13.3. The Kier molecular flexibility index (Phi) is 4.29. The molecule has 0 bridgehead atoms. The summed E-state index contributed by atoms with van der Waals surface area (Å²) in [5.41, 5.74) is 2.02. The predicted molar refractivity (Wildman–Crippen MR) is 94.7 cm³/mol. The summed E-state index contributed by atoms with van der Waals surface area (Å²) in [6, 6.07) is 15.2. The van der Waals surface area contributed by atoms with Crippen LogP contribution in [0.1, 0.15) is 21.9 Å². The van der Waals surface area contributed by atoms with Gasteiger partial charge < -0.3 is 4.74 Å². The van der Waals surface area contributed by atoms with E-state index in [0.717, 1.165) is 5.69 Å². The van der Waals surface area contributed by atoms with Crippen LogP contribution >= 0.6 is 0 Å². The number of ether oxygens (including phenoxy) is 1. The third kappa shape index (κ3) is 3.37. The zero-order chi connectivity index (χ0) is 18.8. The van der Waals surface area contributed by atoms with Gasteiger partial charge in [-0.05, 0) is 47.7 Å². The fraction of sp³-hybridized carbons (Fsp3) is 0.105. The zero-order valence-electron chi connectivity index (χ0n) is 14.3. The van der Waals surface area contributed by atoms with E-state index in [4.69, 9.17) is 4.74 Å². The molecule has 134 valence electrons. The Labute approximate surface area is 153 Å². The first-order chi connectivity index (χ1) is 13.1. The van der Waals surface area contributed by atoms with E-state index in [0.29, 0.717) is 28.0 Å². The van der Waals surface area contributed by atoms with Gasteiger partial charge in [0.15, 0.2) is 12.4 Å². The molecule has 8 heteroatoms.